The summed E-state index contributed by atoms with van der Waals surface area (Å²) in [5.74, 6) is 0.0991. The van der Waals surface area contributed by atoms with Crippen molar-refractivity contribution in [1.82, 2.24) is 5.32 Å². The number of anilines is 2. The number of carbonyl (C=O) groups excluding carboxylic acids is 2. The molecular formula is C23H23N3O2S. The minimum atomic E-state index is -0.223. The van der Waals surface area contributed by atoms with E-state index in [0.717, 1.165) is 30.6 Å². The normalized spacial score (nSPS) is 12.5. The number of urea groups is 1. The van der Waals surface area contributed by atoms with Gasteiger partial charge in [0.1, 0.15) is 0 Å². The van der Waals surface area contributed by atoms with Gasteiger partial charge < -0.3 is 15.5 Å². The predicted molar refractivity (Wildman–Crippen MR) is 118 cm³/mol. The Morgan fingerprint density at radius 2 is 1.83 bits per heavy atom. The van der Waals surface area contributed by atoms with E-state index in [1.54, 1.807) is 11.3 Å². The highest BCUT2D eigenvalue weighted by Crippen LogP contribution is 2.28. The van der Waals surface area contributed by atoms with Gasteiger partial charge in [-0.3, -0.25) is 4.79 Å². The van der Waals surface area contributed by atoms with Gasteiger partial charge >= 0.3 is 6.03 Å². The van der Waals surface area contributed by atoms with Crippen LogP contribution in [0.3, 0.4) is 0 Å². The van der Waals surface area contributed by atoms with Crippen molar-refractivity contribution in [2.24, 2.45) is 0 Å². The van der Waals surface area contributed by atoms with Crippen molar-refractivity contribution in [1.29, 1.82) is 0 Å². The topological polar surface area (TPSA) is 61.4 Å². The molecule has 2 N–H and O–H groups in total. The van der Waals surface area contributed by atoms with Crippen molar-refractivity contribution in [3.8, 4) is 0 Å². The molecule has 0 atom stereocenters. The molecule has 1 aliphatic heterocycles. The fourth-order valence-electron chi connectivity index (χ4n) is 3.50. The van der Waals surface area contributed by atoms with E-state index >= 15 is 0 Å². The number of benzene rings is 2. The third-order valence-electron chi connectivity index (χ3n) is 4.99. The molecular weight excluding hydrogens is 382 g/mol. The molecule has 1 aliphatic rings. The third-order valence-corrected chi connectivity index (χ3v) is 5.93. The number of rotatable bonds is 6. The van der Waals surface area contributed by atoms with Gasteiger partial charge in [-0.2, -0.15) is 0 Å². The largest absolute Gasteiger partial charge is 0.338 e. The monoisotopic (exact) mass is 405 g/mol. The smallest absolute Gasteiger partial charge is 0.319 e. The summed E-state index contributed by atoms with van der Waals surface area (Å²) in [4.78, 5) is 27.8. The number of hydrogen-bond donors (Lipinski definition) is 2. The van der Waals surface area contributed by atoms with Crippen LogP contribution in [0.5, 0.6) is 0 Å². The van der Waals surface area contributed by atoms with Crippen LogP contribution in [-0.2, 0) is 24.1 Å². The molecule has 5 nitrogen and oxygen atoms in total. The first-order chi connectivity index (χ1) is 14.2. The Morgan fingerprint density at radius 1 is 1.00 bits per heavy atom. The minimum Gasteiger partial charge on any atom is -0.338 e. The van der Waals surface area contributed by atoms with Crippen molar-refractivity contribution in [2.75, 3.05) is 23.3 Å². The molecule has 0 bridgehead atoms. The van der Waals surface area contributed by atoms with Gasteiger partial charge in [0.2, 0.25) is 5.91 Å². The molecule has 148 valence electrons. The molecule has 3 amide bonds. The SMILES string of the molecule is O=C(NCCc1cccs1)Nc1ccc(CC(=O)N2CCc3ccccc32)cc1. The van der Waals surface area contributed by atoms with Gasteiger partial charge in [0.25, 0.3) is 0 Å². The average Bonchev–Trinajstić information content (AvgIpc) is 3.39. The first-order valence-corrected chi connectivity index (χ1v) is 10.6. The van der Waals surface area contributed by atoms with Gasteiger partial charge in [-0.25, -0.2) is 4.79 Å². The highest BCUT2D eigenvalue weighted by Gasteiger charge is 2.23. The predicted octanol–water partition coefficient (Wildman–Crippen LogP) is 4.24. The van der Waals surface area contributed by atoms with Crippen molar-refractivity contribution in [3.05, 3.63) is 82.0 Å². The number of nitrogens with zero attached hydrogens (tertiary/aromatic N) is 1. The standard InChI is InChI=1S/C23H23N3O2S/c27-22(26-14-12-18-4-1-2-6-21(18)26)16-17-7-9-19(10-8-17)25-23(28)24-13-11-20-5-3-15-29-20/h1-10,15H,11-14,16H2,(H2,24,25,28). The number of carbonyl (C=O) groups is 2. The Labute approximate surface area is 174 Å². The molecule has 29 heavy (non-hydrogen) atoms. The Morgan fingerprint density at radius 3 is 2.62 bits per heavy atom. The van der Waals surface area contributed by atoms with Gasteiger partial charge in [-0.15, -0.1) is 11.3 Å². The summed E-state index contributed by atoms with van der Waals surface area (Å²) in [6.07, 6.45) is 2.08. The Balaban J connectivity index is 1.27. The summed E-state index contributed by atoms with van der Waals surface area (Å²) in [7, 11) is 0. The molecule has 0 radical (unpaired) electrons. The van der Waals surface area contributed by atoms with E-state index in [1.807, 2.05) is 58.8 Å². The van der Waals surface area contributed by atoms with Crippen LogP contribution >= 0.6 is 11.3 Å². The number of thiophene rings is 1. The molecule has 0 spiro atoms. The van der Waals surface area contributed by atoms with E-state index < -0.39 is 0 Å². The fraction of sp³-hybridized carbons (Fsp3) is 0.217. The molecule has 0 fully saturated rings. The summed E-state index contributed by atoms with van der Waals surface area (Å²) < 4.78 is 0. The number of amides is 3. The van der Waals surface area contributed by atoms with E-state index in [4.69, 9.17) is 0 Å². The Kier molecular flexibility index (Phi) is 5.91. The maximum Gasteiger partial charge on any atom is 0.319 e. The van der Waals surface area contributed by atoms with Crippen LogP contribution in [-0.4, -0.2) is 25.0 Å². The lowest BCUT2D eigenvalue weighted by Crippen LogP contribution is -2.30. The number of fused-ring (bicyclic) bond motifs is 1. The minimum absolute atomic E-state index is 0.0991. The maximum atomic E-state index is 12.7. The fourth-order valence-corrected chi connectivity index (χ4v) is 4.21. The molecule has 2 aromatic carbocycles. The molecule has 0 aliphatic carbocycles. The van der Waals surface area contributed by atoms with Crippen LogP contribution in [0.2, 0.25) is 0 Å². The second-order valence-electron chi connectivity index (χ2n) is 7.01. The summed E-state index contributed by atoms with van der Waals surface area (Å²) in [6.45, 7) is 1.33. The Hall–Kier alpha value is -3.12. The number of hydrogen-bond acceptors (Lipinski definition) is 3. The van der Waals surface area contributed by atoms with Gasteiger partial charge in [0.05, 0.1) is 6.42 Å². The zero-order valence-electron chi connectivity index (χ0n) is 16.1. The van der Waals surface area contributed by atoms with Crippen LogP contribution < -0.4 is 15.5 Å². The highest BCUT2D eigenvalue weighted by molar-refractivity contribution is 7.09. The lowest BCUT2D eigenvalue weighted by atomic mass is 10.1. The van der Waals surface area contributed by atoms with E-state index in [2.05, 4.69) is 22.8 Å². The molecule has 1 aromatic heterocycles. The lowest BCUT2D eigenvalue weighted by molar-refractivity contribution is -0.117. The second kappa shape index (κ2) is 8.92. The molecule has 2 heterocycles. The molecule has 0 saturated carbocycles. The lowest BCUT2D eigenvalue weighted by Gasteiger charge is -2.17. The van der Waals surface area contributed by atoms with Crippen molar-refractivity contribution >= 4 is 34.6 Å². The van der Waals surface area contributed by atoms with E-state index in [1.165, 1.54) is 10.4 Å². The third kappa shape index (κ3) is 4.84. The quantitative estimate of drug-likeness (QED) is 0.644. The molecule has 0 saturated heterocycles. The van der Waals surface area contributed by atoms with Crippen molar-refractivity contribution in [3.63, 3.8) is 0 Å². The van der Waals surface area contributed by atoms with Crippen LogP contribution in [0.4, 0.5) is 16.2 Å². The summed E-state index contributed by atoms with van der Waals surface area (Å²) >= 11 is 1.69. The number of para-hydroxylation sites is 1. The first-order valence-electron chi connectivity index (χ1n) is 9.73. The Bertz CT molecular complexity index is 984. The summed E-state index contributed by atoms with van der Waals surface area (Å²) in [5.41, 5.74) is 3.89. The summed E-state index contributed by atoms with van der Waals surface area (Å²) in [6, 6.07) is 19.4. The molecule has 6 heteroatoms. The number of nitrogens with one attached hydrogen (secondary N) is 2. The highest BCUT2D eigenvalue weighted by atomic mass is 32.1. The van der Waals surface area contributed by atoms with Gasteiger partial charge in [-0.05, 0) is 53.6 Å². The zero-order valence-corrected chi connectivity index (χ0v) is 16.9. The van der Waals surface area contributed by atoms with Crippen LogP contribution in [0.15, 0.2) is 66.0 Å². The van der Waals surface area contributed by atoms with E-state index in [-0.39, 0.29) is 11.9 Å². The van der Waals surface area contributed by atoms with Crippen LogP contribution in [0, 0.1) is 0 Å². The van der Waals surface area contributed by atoms with Crippen molar-refractivity contribution < 1.29 is 9.59 Å². The van der Waals surface area contributed by atoms with Crippen molar-refractivity contribution in [2.45, 2.75) is 19.3 Å². The summed E-state index contributed by atoms with van der Waals surface area (Å²) in [5, 5.41) is 7.72. The van der Waals surface area contributed by atoms with E-state index in [0.29, 0.717) is 18.7 Å². The van der Waals surface area contributed by atoms with Gasteiger partial charge in [-0.1, -0.05) is 36.4 Å². The molecule has 0 unspecified atom stereocenters. The zero-order chi connectivity index (χ0) is 20.1. The molecule has 4 rings (SSSR count). The van der Waals surface area contributed by atoms with Gasteiger partial charge in [0, 0.05) is 29.3 Å². The van der Waals surface area contributed by atoms with E-state index in [9.17, 15) is 9.59 Å². The molecule has 3 aromatic rings. The average molecular weight is 406 g/mol. The van der Waals surface area contributed by atoms with Crippen LogP contribution in [0.1, 0.15) is 16.0 Å². The first kappa shape index (κ1) is 19.2. The van der Waals surface area contributed by atoms with Crippen LogP contribution in [0.25, 0.3) is 0 Å². The second-order valence-corrected chi connectivity index (χ2v) is 8.04. The maximum absolute atomic E-state index is 12.7. The van der Waals surface area contributed by atoms with Gasteiger partial charge in [0.15, 0.2) is 0 Å².